The predicted octanol–water partition coefficient (Wildman–Crippen LogP) is 3.38. The van der Waals surface area contributed by atoms with E-state index in [0.717, 1.165) is 31.4 Å². The Morgan fingerprint density at radius 3 is 2.75 bits per heavy atom. The van der Waals surface area contributed by atoms with Crippen molar-refractivity contribution in [2.45, 2.75) is 44.1 Å². The lowest BCUT2D eigenvalue weighted by Crippen LogP contribution is -2.37. The second kappa shape index (κ2) is 5.09. The van der Waals surface area contributed by atoms with Gasteiger partial charge in [-0.05, 0) is 25.0 Å². The highest BCUT2D eigenvalue weighted by Crippen LogP contribution is 2.42. The van der Waals surface area contributed by atoms with Gasteiger partial charge < -0.3 is 19.5 Å². The number of alkyl halides is 2. The molecule has 0 bridgehead atoms. The third kappa shape index (κ3) is 2.65. The fourth-order valence-electron chi connectivity index (χ4n) is 2.80. The molecule has 2 aliphatic rings. The van der Waals surface area contributed by atoms with E-state index in [0.29, 0.717) is 0 Å². The Labute approximate surface area is 116 Å². The van der Waals surface area contributed by atoms with Gasteiger partial charge in [0.05, 0.1) is 12.1 Å². The first-order valence-corrected chi connectivity index (χ1v) is 6.76. The Hall–Kier alpha value is -1.56. The molecule has 3 rings (SSSR count). The lowest BCUT2D eigenvalue weighted by Gasteiger charge is -2.31. The van der Waals surface area contributed by atoms with Crippen LogP contribution in [-0.2, 0) is 4.74 Å². The van der Waals surface area contributed by atoms with Gasteiger partial charge in [-0.15, -0.1) is 8.78 Å². The van der Waals surface area contributed by atoms with Crippen LogP contribution < -0.4 is 14.8 Å². The van der Waals surface area contributed by atoms with Crippen molar-refractivity contribution in [3.63, 3.8) is 0 Å². The summed E-state index contributed by atoms with van der Waals surface area (Å²) in [5.41, 5.74) is 0.735. The molecule has 2 atom stereocenters. The van der Waals surface area contributed by atoms with E-state index in [1.54, 1.807) is 13.2 Å². The number of methoxy groups -OCH3 is 1. The molecule has 0 amide bonds. The molecule has 4 nitrogen and oxygen atoms in total. The summed E-state index contributed by atoms with van der Waals surface area (Å²) in [6, 6.07) is 4.93. The highest BCUT2D eigenvalue weighted by atomic mass is 19.3. The second-order valence-electron chi connectivity index (χ2n) is 5.14. The molecule has 0 aromatic heterocycles. The summed E-state index contributed by atoms with van der Waals surface area (Å²) >= 11 is 0. The number of halogens is 2. The van der Waals surface area contributed by atoms with Crippen molar-refractivity contribution in [1.82, 2.24) is 0 Å². The molecule has 1 aromatic carbocycles. The van der Waals surface area contributed by atoms with Gasteiger partial charge >= 0.3 is 6.29 Å². The number of hydrogen-bond donors (Lipinski definition) is 1. The zero-order valence-corrected chi connectivity index (χ0v) is 11.2. The van der Waals surface area contributed by atoms with Crippen molar-refractivity contribution in [3.05, 3.63) is 18.2 Å². The van der Waals surface area contributed by atoms with Crippen LogP contribution in [0, 0.1) is 0 Å². The number of nitrogens with one attached hydrogen (secondary N) is 1. The minimum atomic E-state index is -3.57. The topological polar surface area (TPSA) is 39.7 Å². The third-order valence-corrected chi connectivity index (χ3v) is 3.76. The van der Waals surface area contributed by atoms with Crippen LogP contribution in [0.5, 0.6) is 11.5 Å². The van der Waals surface area contributed by atoms with Gasteiger partial charge in [-0.2, -0.15) is 0 Å². The highest BCUT2D eigenvalue weighted by molar-refractivity contribution is 5.56. The zero-order valence-electron chi connectivity index (χ0n) is 11.2. The lowest BCUT2D eigenvalue weighted by molar-refractivity contribution is -0.286. The van der Waals surface area contributed by atoms with Gasteiger partial charge in [0.1, 0.15) is 0 Å². The van der Waals surface area contributed by atoms with Crippen molar-refractivity contribution < 1.29 is 23.0 Å². The zero-order chi connectivity index (χ0) is 14.2. The molecule has 1 aliphatic carbocycles. The molecule has 0 radical (unpaired) electrons. The molecule has 1 heterocycles. The van der Waals surface area contributed by atoms with Gasteiger partial charge in [0.2, 0.25) is 0 Å². The predicted molar refractivity (Wildman–Crippen MR) is 69.3 cm³/mol. The number of rotatable bonds is 3. The molecular formula is C14H17F2NO3. The fraction of sp³-hybridized carbons (Fsp3) is 0.571. The van der Waals surface area contributed by atoms with Crippen LogP contribution in [0.2, 0.25) is 0 Å². The van der Waals surface area contributed by atoms with Gasteiger partial charge in [0, 0.05) is 18.9 Å². The Balaban J connectivity index is 1.73. The van der Waals surface area contributed by atoms with Crippen LogP contribution in [0.1, 0.15) is 25.7 Å². The van der Waals surface area contributed by atoms with Crippen LogP contribution >= 0.6 is 0 Å². The Kier molecular flexibility index (Phi) is 3.41. The Morgan fingerprint density at radius 1 is 1.20 bits per heavy atom. The molecule has 0 spiro atoms. The van der Waals surface area contributed by atoms with E-state index in [-0.39, 0.29) is 23.6 Å². The monoisotopic (exact) mass is 285 g/mol. The molecule has 110 valence electrons. The van der Waals surface area contributed by atoms with Gasteiger partial charge in [0.15, 0.2) is 11.5 Å². The van der Waals surface area contributed by atoms with Gasteiger partial charge in [0.25, 0.3) is 0 Å². The van der Waals surface area contributed by atoms with E-state index in [9.17, 15) is 8.78 Å². The van der Waals surface area contributed by atoms with Crippen molar-refractivity contribution >= 4 is 5.69 Å². The SMILES string of the molecule is COC1CCCCC1Nc1ccc2c(c1)OC(F)(F)O2. The summed E-state index contributed by atoms with van der Waals surface area (Å²) in [6.45, 7) is 0. The first-order valence-electron chi connectivity index (χ1n) is 6.76. The number of fused-ring (bicyclic) bond motifs is 1. The van der Waals surface area contributed by atoms with Crippen molar-refractivity contribution in [2.24, 2.45) is 0 Å². The number of anilines is 1. The van der Waals surface area contributed by atoms with Crippen molar-refractivity contribution in [3.8, 4) is 11.5 Å². The summed E-state index contributed by atoms with van der Waals surface area (Å²) in [6.07, 6.45) is 0.890. The normalized spacial score (nSPS) is 27.4. The largest absolute Gasteiger partial charge is 0.586 e. The van der Waals surface area contributed by atoms with E-state index >= 15 is 0 Å². The molecule has 1 aromatic rings. The average Bonchev–Trinajstić information content (AvgIpc) is 2.72. The highest BCUT2D eigenvalue weighted by Gasteiger charge is 2.43. The van der Waals surface area contributed by atoms with E-state index in [2.05, 4.69) is 14.8 Å². The summed E-state index contributed by atoms with van der Waals surface area (Å²) in [5, 5.41) is 3.33. The third-order valence-electron chi connectivity index (χ3n) is 3.76. The Bertz CT molecular complexity index is 495. The van der Waals surface area contributed by atoms with Crippen LogP contribution in [0.25, 0.3) is 0 Å². The maximum atomic E-state index is 13.0. The van der Waals surface area contributed by atoms with E-state index in [1.807, 2.05) is 0 Å². The summed E-state index contributed by atoms with van der Waals surface area (Å²) < 4.78 is 40.2. The molecule has 1 N–H and O–H groups in total. The first-order chi connectivity index (χ1) is 9.57. The van der Waals surface area contributed by atoms with Crippen molar-refractivity contribution in [2.75, 3.05) is 12.4 Å². The first kappa shape index (κ1) is 13.4. The molecular weight excluding hydrogens is 268 g/mol. The molecule has 2 unspecified atom stereocenters. The van der Waals surface area contributed by atoms with Gasteiger partial charge in [-0.25, -0.2) is 0 Å². The maximum absolute atomic E-state index is 13.0. The minimum absolute atomic E-state index is 0.0600. The molecule has 1 aliphatic heterocycles. The molecule has 1 fully saturated rings. The Morgan fingerprint density at radius 2 is 1.95 bits per heavy atom. The van der Waals surface area contributed by atoms with Gasteiger partial charge in [-0.1, -0.05) is 12.8 Å². The van der Waals surface area contributed by atoms with Crippen molar-refractivity contribution in [1.29, 1.82) is 0 Å². The summed E-state index contributed by atoms with van der Waals surface area (Å²) in [7, 11) is 1.70. The van der Waals surface area contributed by atoms with Crippen LogP contribution in [0.4, 0.5) is 14.5 Å². The summed E-state index contributed by atoms with van der Waals surface area (Å²) in [5.74, 6) is 0.122. The molecule has 1 saturated carbocycles. The minimum Gasteiger partial charge on any atom is -0.395 e. The van der Waals surface area contributed by atoms with E-state index in [1.165, 1.54) is 12.1 Å². The number of benzene rings is 1. The fourth-order valence-corrected chi connectivity index (χ4v) is 2.80. The lowest BCUT2D eigenvalue weighted by atomic mass is 9.92. The molecule has 6 heteroatoms. The van der Waals surface area contributed by atoms with Crippen LogP contribution in [-0.4, -0.2) is 25.6 Å². The quantitative estimate of drug-likeness (QED) is 0.924. The van der Waals surface area contributed by atoms with Crippen LogP contribution in [0.15, 0.2) is 18.2 Å². The van der Waals surface area contributed by atoms with E-state index in [4.69, 9.17) is 4.74 Å². The number of ether oxygens (including phenoxy) is 3. The average molecular weight is 285 g/mol. The maximum Gasteiger partial charge on any atom is 0.586 e. The summed E-state index contributed by atoms with van der Waals surface area (Å²) in [4.78, 5) is 0. The van der Waals surface area contributed by atoms with Crippen LogP contribution in [0.3, 0.4) is 0 Å². The second-order valence-corrected chi connectivity index (χ2v) is 5.14. The molecule has 0 saturated heterocycles. The van der Waals surface area contributed by atoms with Gasteiger partial charge in [-0.3, -0.25) is 0 Å². The standard InChI is InChI=1S/C14H17F2NO3/c1-18-11-5-3-2-4-10(11)17-9-6-7-12-13(8-9)20-14(15,16)19-12/h6-8,10-11,17H,2-5H2,1H3. The smallest absolute Gasteiger partial charge is 0.395 e. The number of hydrogen-bond acceptors (Lipinski definition) is 4. The van der Waals surface area contributed by atoms with E-state index < -0.39 is 6.29 Å². The molecule has 20 heavy (non-hydrogen) atoms.